The number of nitro benzene ring substituents is 1. The number of nitrogens with two attached hydrogens (primary N) is 1. The van der Waals surface area contributed by atoms with Gasteiger partial charge in [0.2, 0.25) is 0 Å². The zero-order chi connectivity index (χ0) is 17.1. The van der Waals surface area contributed by atoms with E-state index >= 15 is 0 Å². The van der Waals surface area contributed by atoms with Gasteiger partial charge in [-0.1, -0.05) is 24.6 Å². The Bertz CT molecular complexity index is 794. The lowest BCUT2D eigenvalue weighted by Gasteiger charge is -2.11. The second kappa shape index (κ2) is 6.57. The number of amides is 1. The fourth-order valence-electron chi connectivity index (χ4n) is 1.95. The Kier molecular flexibility index (Phi) is 4.75. The Hall–Kier alpha value is -2.74. The highest BCUT2D eigenvalue weighted by Crippen LogP contribution is 2.26. The standard InChI is InChI=1S/C14H14ClN5O3/c1-3-9-12(15)19-14(11(18-9)13(16)21)17-8-5-4-7(2)10(6-8)20(22)23/h4-6H,3H2,1-2H3,(H2,16,21)(H,17,19). The van der Waals surface area contributed by atoms with Crippen molar-refractivity contribution in [2.24, 2.45) is 5.73 Å². The number of nitrogens with one attached hydrogen (secondary N) is 1. The van der Waals surface area contributed by atoms with Crippen LogP contribution < -0.4 is 11.1 Å². The summed E-state index contributed by atoms with van der Waals surface area (Å²) < 4.78 is 0. The van der Waals surface area contributed by atoms with Gasteiger partial charge in [-0.3, -0.25) is 14.9 Å². The van der Waals surface area contributed by atoms with E-state index in [1.807, 2.05) is 6.92 Å². The van der Waals surface area contributed by atoms with E-state index in [1.165, 1.54) is 6.07 Å². The molecule has 1 heterocycles. The third-order valence-corrected chi connectivity index (χ3v) is 3.46. The van der Waals surface area contributed by atoms with E-state index in [0.717, 1.165) is 0 Å². The number of anilines is 2. The van der Waals surface area contributed by atoms with Crippen LogP contribution in [-0.2, 0) is 6.42 Å². The van der Waals surface area contributed by atoms with E-state index in [0.29, 0.717) is 23.4 Å². The molecule has 120 valence electrons. The number of aryl methyl sites for hydroxylation is 2. The van der Waals surface area contributed by atoms with Gasteiger partial charge in [-0.25, -0.2) is 9.97 Å². The van der Waals surface area contributed by atoms with Crippen LogP contribution in [0.2, 0.25) is 5.15 Å². The third-order valence-electron chi connectivity index (χ3n) is 3.16. The largest absolute Gasteiger partial charge is 0.364 e. The molecule has 0 aliphatic heterocycles. The van der Waals surface area contributed by atoms with Crippen LogP contribution in [0, 0.1) is 17.0 Å². The summed E-state index contributed by atoms with van der Waals surface area (Å²) in [4.78, 5) is 30.2. The van der Waals surface area contributed by atoms with E-state index < -0.39 is 10.8 Å². The summed E-state index contributed by atoms with van der Waals surface area (Å²) >= 11 is 6.01. The molecule has 0 aliphatic carbocycles. The highest BCUT2D eigenvalue weighted by Gasteiger charge is 2.17. The summed E-state index contributed by atoms with van der Waals surface area (Å²) in [5.41, 5.74) is 6.52. The van der Waals surface area contributed by atoms with E-state index in [4.69, 9.17) is 17.3 Å². The second-order valence-electron chi connectivity index (χ2n) is 4.76. The summed E-state index contributed by atoms with van der Waals surface area (Å²) in [6.45, 7) is 3.45. The summed E-state index contributed by atoms with van der Waals surface area (Å²) in [6, 6.07) is 4.54. The van der Waals surface area contributed by atoms with Crippen molar-refractivity contribution in [1.82, 2.24) is 9.97 Å². The maximum atomic E-state index is 11.5. The predicted molar refractivity (Wildman–Crippen MR) is 86.1 cm³/mol. The van der Waals surface area contributed by atoms with Crippen LogP contribution in [-0.4, -0.2) is 20.8 Å². The minimum absolute atomic E-state index is 0.0536. The first-order valence-corrected chi connectivity index (χ1v) is 7.09. The van der Waals surface area contributed by atoms with Crippen molar-refractivity contribution in [3.05, 3.63) is 50.4 Å². The van der Waals surface area contributed by atoms with Crippen molar-refractivity contribution in [3.8, 4) is 0 Å². The third kappa shape index (κ3) is 3.54. The summed E-state index contributed by atoms with van der Waals surface area (Å²) in [7, 11) is 0. The molecule has 0 unspecified atom stereocenters. The Morgan fingerprint density at radius 2 is 2.13 bits per heavy atom. The molecule has 0 saturated carbocycles. The van der Waals surface area contributed by atoms with Crippen LogP contribution in [0.25, 0.3) is 0 Å². The Morgan fingerprint density at radius 3 is 2.70 bits per heavy atom. The molecule has 1 aromatic heterocycles. The van der Waals surface area contributed by atoms with Gasteiger partial charge in [-0.05, 0) is 19.4 Å². The van der Waals surface area contributed by atoms with Gasteiger partial charge in [-0.2, -0.15) is 0 Å². The average Bonchev–Trinajstić information content (AvgIpc) is 2.48. The van der Waals surface area contributed by atoms with Crippen molar-refractivity contribution in [2.75, 3.05) is 5.32 Å². The van der Waals surface area contributed by atoms with Crippen molar-refractivity contribution in [1.29, 1.82) is 0 Å². The lowest BCUT2D eigenvalue weighted by atomic mass is 10.2. The number of rotatable bonds is 5. The molecule has 0 fully saturated rings. The molecule has 3 N–H and O–H groups in total. The second-order valence-corrected chi connectivity index (χ2v) is 5.12. The summed E-state index contributed by atoms with van der Waals surface area (Å²) in [5, 5.41) is 13.9. The van der Waals surface area contributed by atoms with E-state index in [2.05, 4.69) is 15.3 Å². The fourth-order valence-corrected chi connectivity index (χ4v) is 2.21. The van der Waals surface area contributed by atoms with Crippen LogP contribution in [0.5, 0.6) is 0 Å². The number of carbonyl (C=O) groups is 1. The zero-order valence-corrected chi connectivity index (χ0v) is 13.2. The lowest BCUT2D eigenvalue weighted by molar-refractivity contribution is -0.385. The normalized spacial score (nSPS) is 10.4. The molecule has 0 spiro atoms. The van der Waals surface area contributed by atoms with Gasteiger partial charge in [0.25, 0.3) is 11.6 Å². The fraction of sp³-hybridized carbons (Fsp3) is 0.214. The number of primary amides is 1. The van der Waals surface area contributed by atoms with Crippen molar-refractivity contribution >= 4 is 34.7 Å². The van der Waals surface area contributed by atoms with Crippen molar-refractivity contribution < 1.29 is 9.72 Å². The first-order chi connectivity index (χ1) is 10.8. The van der Waals surface area contributed by atoms with Gasteiger partial charge < -0.3 is 11.1 Å². The maximum Gasteiger partial charge on any atom is 0.274 e. The SMILES string of the molecule is CCc1nc(C(N)=O)c(Nc2ccc(C)c([N+](=O)[O-])c2)nc1Cl. The molecular formula is C14H14ClN5O3. The first kappa shape index (κ1) is 16.6. The van der Waals surface area contributed by atoms with E-state index in [-0.39, 0.29) is 22.4 Å². The lowest BCUT2D eigenvalue weighted by Crippen LogP contribution is -2.18. The molecule has 0 radical (unpaired) electrons. The van der Waals surface area contributed by atoms with Gasteiger partial charge in [-0.15, -0.1) is 0 Å². The molecule has 0 saturated heterocycles. The van der Waals surface area contributed by atoms with E-state index in [9.17, 15) is 14.9 Å². The monoisotopic (exact) mass is 335 g/mol. The van der Waals surface area contributed by atoms with Gasteiger partial charge in [0.05, 0.1) is 10.6 Å². The Labute approximate surface area is 136 Å². The van der Waals surface area contributed by atoms with Crippen LogP contribution in [0.4, 0.5) is 17.2 Å². The molecule has 23 heavy (non-hydrogen) atoms. The molecule has 9 heteroatoms. The van der Waals surface area contributed by atoms with Gasteiger partial charge in [0.15, 0.2) is 16.7 Å². The van der Waals surface area contributed by atoms with Crippen molar-refractivity contribution in [2.45, 2.75) is 20.3 Å². The molecule has 1 aromatic carbocycles. The number of aromatic nitrogens is 2. The highest BCUT2D eigenvalue weighted by atomic mass is 35.5. The predicted octanol–water partition coefficient (Wildman–Crippen LogP) is 2.75. The minimum Gasteiger partial charge on any atom is -0.364 e. The first-order valence-electron chi connectivity index (χ1n) is 6.71. The quantitative estimate of drug-likeness (QED) is 0.639. The van der Waals surface area contributed by atoms with Crippen LogP contribution in [0.15, 0.2) is 18.2 Å². The van der Waals surface area contributed by atoms with Crippen LogP contribution in [0.1, 0.15) is 28.7 Å². The minimum atomic E-state index is -0.770. The molecule has 2 aromatic rings. The number of halogens is 1. The number of benzene rings is 1. The molecule has 2 rings (SSSR count). The van der Waals surface area contributed by atoms with Crippen LogP contribution >= 0.6 is 11.6 Å². The van der Waals surface area contributed by atoms with Crippen LogP contribution in [0.3, 0.4) is 0 Å². The number of carbonyl (C=O) groups excluding carboxylic acids is 1. The van der Waals surface area contributed by atoms with Gasteiger partial charge >= 0.3 is 0 Å². The van der Waals surface area contributed by atoms with Crippen molar-refractivity contribution in [3.63, 3.8) is 0 Å². The highest BCUT2D eigenvalue weighted by molar-refractivity contribution is 6.30. The summed E-state index contributed by atoms with van der Waals surface area (Å²) in [5.74, 6) is -0.717. The molecule has 0 bridgehead atoms. The smallest absolute Gasteiger partial charge is 0.274 e. The number of nitro groups is 1. The average molecular weight is 336 g/mol. The Morgan fingerprint density at radius 1 is 1.43 bits per heavy atom. The molecule has 0 atom stereocenters. The molecule has 8 nitrogen and oxygen atoms in total. The molecule has 0 aliphatic rings. The van der Waals surface area contributed by atoms with Gasteiger partial charge in [0, 0.05) is 17.3 Å². The van der Waals surface area contributed by atoms with E-state index in [1.54, 1.807) is 19.1 Å². The summed E-state index contributed by atoms with van der Waals surface area (Å²) in [6.07, 6.45) is 0.488. The Balaban J connectivity index is 2.47. The molecular weight excluding hydrogens is 322 g/mol. The number of hydrogen-bond acceptors (Lipinski definition) is 6. The zero-order valence-electron chi connectivity index (χ0n) is 12.5. The topological polar surface area (TPSA) is 124 Å². The number of nitrogens with zero attached hydrogens (tertiary/aromatic N) is 3. The number of hydrogen-bond donors (Lipinski definition) is 2. The maximum absolute atomic E-state index is 11.5. The molecule has 1 amide bonds. The van der Waals surface area contributed by atoms with Gasteiger partial charge in [0.1, 0.15) is 0 Å².